The van der Waals surface area contributed by atoms with Gasteiger partial charge in [-0.2, -0.15) is 0 Å². The lowest BCUT2D eigenvalue weighted by atomic mass is 10.1. The molecule has 0 bridgehead atoms. The van der Waals surface area contributed by atoms with E-state index in [2.05, 4.69) is 17.4 Å². The van der Waals surface area contributed by atoms with E-state index in [4.69, 9.17) is 38.1 Å². The van der Waals surface area contributed by atoms with Gasteiger partial charge < -0.3 is 25.3 Å². The summed E-state index contributed by atoms with van der Waals surface area (Å²) < 4.78 is 11.1. The van der Waals surface area contributed by atoms with Gasteiger partial charge in [-0.15, -0.1) is 0 Å². The Morgan fingerprint density at radius 1 is 1.03 bits per heavy atom. The molecule has 0 spiro atoms. The minimum absolute atomic E-state index is 0.337. The second kappa shape index (κ2) is 11.6. The van der Waals surface area contributed by atoms with Crippen LogP contribution in [0.4, 0.5) is 5.69 Å². The topological polar surface area (TPSA) is 80.7 Å². The van der Waals surface area contributed by atoms with Gasteiger partial charge in [-0.3, -0.25) is 0 Å². The first kappa shape index (κ1) is 22.9. The van der Waals surface area contributed by atoms with E-state index in [0.29, 0.717) is 27.8 Å². The van der Waals surface area contributed by atoms with Crippen LogP contribution in [0.3, 0.4) is 0 Å². The number of anilines is 1. The summed E-state index contributed by atoms with van der Waals surface area (Å²) in [7, 11) is 0. The monoisotopic (exact) mass is 450 g/mol. The highest BCUT2D eigenvalue weighted by atomic mass is 35.5. The van der Waals surface area contributed by atoms with Crippen LogP contribution in [0.2, 0.25) is 10.0 Å². The van der Waals surface area contributed by atoms with E-state index in [1.54, 1.807) is 18.4 Å². The van der Waals surface area contributed by atoms with Crippen molar-refractivity contribution in [3.05, 3.63) is 63.8 Å². The standard InChI is InChI=1S/C23H28Cl2N2O3/c24-19-13-18(14-20(25)23(19)26)21(28)15-27-8-2-1-3-9-29-10-6-16-4-5-22-17(12-16)7-11-30-22/h4-5,7,11-14,21,27-28H,1-3,6,8-10,15,26H2. The van der Waals surface area contributed by atoms with Gasteiger partial charge in [-0.25, -0.2) is 0 Å². The highest BCUT2D eigenvalue weighted by Gasteiger charge is 2.11. The smallest absolute Gasteiger partial charge is 0.133 e. The van der Waals surface area contributed by atoms with Crippen LogP contribution in [0.5, 0.6) is 0 Å². The molecular formula is C23H28Cl2N2O3. The van der Waals surface area contributed by atoms with Gasteiger partial charge in [0.15, 0.2) is 0 Å². The fourth-order valence-electron chi connectivity index (χ4n) is 3.25. The fraction of sp³-hybridized carbons (Fsp3) is 0.391. The predicted octanol–water partition coefficient (Wildman–Crippen LogP) is 5.37. The lowest BCUT2D eigenvalue weighted by Gasteiger charge is -2.14. The van der Waals surface area contributed by atoms with Gasteiger partial charge in [0.2, 0.25) is 0 Å². The Hall–Kier alpha value is -1.76. The van der Waals surface area contributed by atoms with Crippen molar-refractivity contribution >= 4 is 39.9 Å². The van der Waals surface area contributed by atoms with Crippen molar-refractivity contribution in [3.63, 3.8) is 0 Å². The van der Waals surface area contributed by atoms with Crippen LogP contribution >= 0.6 is 23.2 Å². The van der Waals surface area contributed by atoms with Crippen LogP contribution in [-0.2, 0) is 11.2 Å². The first-order valence-corrected chi connectivity index (χ1v) is 11.0. The van der Waals surface area contributed by atoms with Crippen molar-refractivity contribution in [2.24, 2.45) is 0 Å². The number of nitrogens with two attached hydrogens (primary N) is 1. The average Bonchev–Trinajstić information content (AvgIpc) is 3.20. The van der Waals surface area contributed by atoms with E-state index in [1.807, 2.05) is 12.1 Å². The number of hydrogen-bond donors (Lipinski definition) is 3. The minimum Gasteiger partial charge on any atom is -0.464 e. The zero-order valence-electron chi connectivity index (χ0n) is 16.9. The number of nitrogen functional groups attached to an aromatic ring is 1. The predicted molar refractivity (Wildman–Crippen MR) is 123 cm³/mol. The summed E-state index contributed by atoms with van der Waals surface area (Å²) in [6.45, 7) is 2.76. The number of hydrogen-bond acceptors (Lipinski definition) is 5. The molecule has 0 saturated carbocycles. The lowest BCUT2D eigenvalue weighted by molar-refractivity contribution is 0.132. The number of halogens is 2. The summed E-state index contributed by atoms with van der Waals surface area (Å²) >= 11 is 12.0. The first-order chi connectivity index (χ1) is 14.5. The van der Waals surface area contributed by atoms with E-state index < -0.39 is 6.10 Å². The summed E-state index contributed by atoms with van der Waals surface area (Å²) in [5.74, 6) is 0. The van der Waals surface area contributed by atoms with Crippen LogP contribution < -0.4 is 11.1 Å². The second-order valence-corrected chi connectivity index (χ2v) is 8.15. The lowest BCUT2D eigenvalue weighted by Crippen LogP contribution is -2.22. The number of benzene rings is 2. The van der Waals surface area contributed by atoms with Crippen molar-refractivity contribution in [1.82, 2.24) is 5.32 Å². The molecule has 0 aliphatic heterocycles. The van der Waals surface area contributed by atoms with E-state index >= 15 is 0 Å². The Balaban J connectivity index is 1.21. The van der Waals surface area contributed by atoms with Crippen molar-refractivity contribution in [1.29, 1.82) is 0 Å². The molecule has 0 aliphatic rings. The molecule has 1 heterocycles. The van der Waals surface area contributed by atoms with Crippen LogP contribution in [0, 0.1) is 0 Å². The first-order valence-electron chi connectivity index (χ1n) is 10.2. The number of ether oxygens (including phenoxy) is 1. The third kappa shape index (κ3) is 6.62. The van der Waals surface area contributed by atoms with Crippen molar-refractivity contribution in [2.45, 2.75) is 31.8 Å². The third-order valence-corrected chi connectivity index (χ3v) is 5.64. The fourth-order valence-corrected chi connectivity index (χ4v) is 3.75. The van der Waals surface area contributed by atoms with Crippen molar-refractivity contribution < 1.29 is 14.3 Å². The molecule has 2 aromatic carbocycles. The van der Waals surface area contributed by atoms with Gasteiger partial charge >= 0.3 is 0 Å². The summed E-state index contributed by atoms with van der Waals surface area (Å²) in [6, 6.07) is 11.5. The molecule has 5 nitrogen and oxygen atoms in total. The molecule has 30 heavy (non-hydrogen) atoms. The molecule has 3 rings (SSSR count). The molecule has 0 amide bonds. The van der Waals surface area contributed by atoms with Crippen LogP contribution in [0.1, 0.15) is 36.5 Å². The Morgan fingerprint density at radius 2 is 1.83 bits per heavy atom. The van der Waals surface area contributed by atoms with Crippen LogP contribution in [0.15, 0.2) is 47.1 Å². The largest absolute Gasteiger partial charge is 0.464 e. The zero-order chi connectivity index (χ0) is 21.3. The maximum Gasteiger partial charge on any atom is 0.133 e. The van der Waals surface area contributed by atoms with Gasteiger partial charge in [0.25, 0.3) is 0 Å². The molecule has 1 aromatic heterocycles. The van der Waals surface area contributed by atoms with Gasteiger partial charge in [0.05, 0.1) is 34.7 Å². The van der Waals surface area contributed by atoms with E-state index in [-0.39, 0.29) is 0 Å². The molecule has 7 heteroatoms. The molecule has 162 valence electrons. The summed E-state index contributed by atoms with van der Waals surface area (Å²) in [6.07, 6.45) is 5.06. The average molecular weight is 451 g/mol. The molecule has 0 fully saturated rings. The maximum atomic E-state index is 10.3. The number of nitrogens with one attached hydrogen (secondary N) is 1. The van der Waals surface area contributed by atoms with Gasteiger partial charge in [-0.05, 0) is 73.7 Å². The molecular weight excluding hydrogens is 423 g/mol. The SMILES string of the molecule is Nc1c(Cl)cc(C(O)CNCCCCCOCCc2ccc3occc3c2)cc1Cl. The summed E-state index contributed by atoms with van der Waals surface area (Å²) in [5, 5.41) is 15.4. The molecule has 0 saturated heterocycles. The number of rotatable bonds is 12. The van der Waals surface area contributed by atoms with Gasteiger partial charge in [0.1, 0.15) is 5.58 Å². The number of unbranched alkanes of at least 4 members (excludes halogenated alkanes) is 2. The van der Waals surface area contributed by atoms with Gasteiger partial charge in [-0.1, -0.05) is 29.3 Å². The molecule has 0 radical (unpaired) electrons. The van der Waals surface area contributed by atoms with E-state index in [1.165, 1.54) is 5.56 Å². The van der Waals surface area contributed by atoms with Gasteiger partial charge in [0, 0.05) is 18.5 Å². The van der Waals surface area contributed by atoms with E-state index in [0.717, 1.165) is 56.4 Å². The van der Waals surface area contributed by atoms with Crippen molar-refractivity contribution in [2.75, 3.05) is 32.0 Å². The van der Waals surface area contributed by atoms with Crippen molar-refractivity contribution in [3.8, 4) is 0 Å². The highest BCUT2D eigenvalue weighted by Crippen LogP contribution is 2.31. The summed E-state index contributed by atoms with van der Waals surface area (Å²) in [5.41, 5.74) is 8.89. The number of fused-ring (bicyclic) bond motifs is 1. The summed E-state index contributed by atoms with van der Waals surface area (Å²) in [4.78, 5) is 0. The molecule has 1 unspecified atom stereocenters. The number of aliphatic hydroxyl groups excluding tert-OH is 1. The Kier molecular flexibility index (Phi) is 8.85. The zero-order valence-corrected chi connectivity index (χ0v) is 18.4. The third-order valence-electron chi connectivity index (χ3n) is 5.02. The molecule has 1 atom stereocenters. The second-order valence-electron chi connectivity index (χ2n) is 7.33. The Bertz CT molecular complexity index is 922. The Morgan fingerprint density at radius 3 is 2.63 bits per heavy atom. The minimum atomic E-state index is -0.676. The highest BCUT2D eigenvalue weighted by molar-refractivity contribution is 6.38. The maximum absolute atomic E-state index is 10.3. The van der Waals surface area contributed by atoms with Crippen LogP contribution in [0.25, 0.3) is 11.0 Å². The molecule has 3 aromatic rings. The Labute approximate surface area is 187 Å². The normalized spacial score (nSPS) is 12.5. The van der Waals surface area contributed by atoms with E-state index in [9.17, 15) is 5.11 Å². The quantitative estimate of drug-likeness (QED) is 0.255. The number of aliphatic hydroxyl groups is 1. The number of furan rings is 1. The molecule has 4 N–H and O–H groups in total. The molecule has 0 aliphatic carbocycles. The van der Waals surface area contributed by atoms with Crippen LogP contribution in [-0.4, -0.2) is 31.4 Å².